The van der Waals surface area contributed by atoms with Crippen molar-refractivity contribution in [3.05, 3.63) is 64.8 Å². The maximum Gasteiger partial charge on any atom is 0.0534 e. The van der Waals surface area contributed by atoms with Crippen LogP contribution in [0, 0.1) is 27.7 Å². The van der Waals surface area contributed by atoms with Gasteiger partial charge in [0.15, 0.2) is 0 Å². The SMILES string of the molecule is Cc1cccc(-n2c(C)cc3cc(C)c(C)cc32)c1. The quantitative estimate of drug-likeness (QED) is 0.580. The number of hydrogen-bond donors (Lipinski definition) is 0. The first-order valence-corrected chi connectivity index (χ1v) is 6.72. The molecule has 0 N–H and O–H groups in total. The zero-order chi connectivity index (χ0) is 13.6. The number of nitrogens with zero attached hydrogens (tertiary/aromatic N) is 1. The van der Waals surface area contributed by atoms with Gasteiger partial charge in [-0.15, -0.1) is 0 Å². The van der Waals surface area contributed by atoms with Gasteiger partial charge in [-0.1, -0.05) is 12.1 Å². The average Bonchev–Trinajstić information content (AvgIpc) is 2.65. The minimum absolute atomic E-state index is 1.25. The topological polar surface area (TPSA) is 4.93 Å². The summed E-state index contributed by atoms with van der Waals surface area (Å²) in [6.07, 6.45) is 0. The van der Waals surface area contributed by atoms with Crippen molar-refractivity contribution in [1.29, 1.82) is 0 Å². The molecule has 0 saturated heterocycles. The fourth-order valence-corrected chi connectivity index (χ4v) is 2.72. The summed E-state index contributed by atoms with van der Waals surface area (Å²) in [5.41, 5.74) is 7.82. The molecule has 19 heavy (non-hydrogen) atoms. The minimum atomic E-state index is 1.25. The Hall–Kier alpha value is -2.02. The molecule has 1 aromatic heterocycles. The van der Waals surface area contributed by atoms with Crippen LogP contribution in [-0.2, 0) is 0 Å². The Kier molecular flexibility index (Phi) is 2.70. The Morgan fingerprint density at radius 3 is 2.26 bits per heavy atom. The second-order valence-corrected chi connectivity index (χ2v) is 5.46. The van der Waals surface area contributed by atoms with Gasteiger partial charge in [-0.25, -0.2) is 0 Å². The number of fused-ring (bicyclic) bond motifs is 1. The van der Waals surface area contributed by atoms with Crippen molar-refractivity contribution in [2.75, 3.05) is 0 Å². The maximum atomic E-state index is 2.34. The number of hydrogen-bond acceptors (Lipinski definition) is 0. The Bertz CT molecular complexity index is 763. The molecule has 0 amide bonds. The molecule has 1 heterocycles. The summed E-state index contributed by atoms with van der Waals surface area (Å²) < 4.78 is 2.34. The van der Waals surface area contributed by atoms with E-state index in [0.29, 0.717) is 0 Å². The van der Waals surface area contributed by atoms with Crippen LogP contribution in [0.15, 0.2) is 42.5 Å². The van der Waals surface area contributed by atoms with Gasteiger partial charge in [-0.2, -0.15) is 0 Å². The summed E-state index contributed by atoms with van der Waals surface area (Å²) in [7, 11) is 0. The molecule has 3 rings (SSSR count). The monoisotopic (exact) mass is 249 g/mol. The molecule has 0 spiro atoms. The van der Waals surface area contributed by atoms with Crippen molar-refractivity contribution in [1.82, 2.24) is 4.57 Å². The third-order valence-corrected chi connectivity index (χ3v) is 3.86. The average molecular weight is 249 g/mol. The molecule has 1 nitrogen and oxygen atoms in total. The molecule has 0 atom stereocenters. The smallest absolute Gasteiger partial charge is 0.0534 e. The van der Waals surface area contributed by atoms with E-state index in [1.165, 1.54) is 39.0 Å². The van der Waals surface area contributed by atoms with E-state index in [1.807, 2.05) is 0 Å². The molecule has 0 saturated carbocycles. The van der Waals surface area contributed by atoms with Gasteiger partial charge in [0.05, 0.1) is 5.52 Å². The fraction of sp³-hybridized carbons (Fsp3) is 0.222. The third kappa shape index (κ3) is 1.95. The molecule has 3 aromatic rings. The van der Waals surface area contributed by atoms with E-state index in [1.54, 1.807) is 0 Å². The third-order valence-electron chi connectivity index (χ3n) is 3.86. The van der Waals surface area contributed by atoms with Crippen LogP contribution >= 0.6 is 0 Å². The zero-order valence-electron chi connectivity index (χ0n) is 12.0. The summed E-state index contributed by atoms with van der Waals surface area (Å²) in [6.45, 7) is 8.67. The normalized spacial score (nSPS) is 11.2. The van der Waals surface area contributed by atoms with Crippen molar-refractivity contribution in [2.24, 2.45) is 0 Å². The van der Waals surface area contributed by atoms with Crippen LogP contribution in [-0.4, -0.2) is 4.57 Å². The molecule has 0 aliphatic heterocycles. The van der Waals surface area contributed by atoms with E-state index < -0.39 is 0 Å². The van der Waals surface area contributed by atoms with Crippen LogP contribution in [0.5, 0.6) is 0 Å². The van der Waals surface area contributed by atoms with Gasteiger partial charge >= 0.3 is 0 Å². The molecule has 0 fully saturated rings. The number of rotatable bonds is 1. The summed E-state index contributed by atoms with van der Waals surface area (Å²) in [5, 5.41) is 1.32. The van der Waals surface area contributed by atoms with E-state index >= 15 is 0 Å². The Balaban J connectivity index is 2.34. The molecule has 1 heteroatoms. The predicted octanol–water partition coefficient (Wildman–Crippen LogP) is 4.86. The van der Waals surface area contributed by atoms with E-state index in [2.05, 4.69) is 74.7 Å². The van der Waals surface area contributed by atoms with Crippen LogP contribution < -0.4 is 0 Å². The van der Waals surface area contributed by atoms with Crippen LogP contribution in [0.4, 0.5) is 0 Å². The first kappa shape index (κ1) is 12.0. The van der Waals surface area contributed by atoms with Gasteiger partial charge in [-0.05, 0) is 74.7 Å². The minimum Gasteiger partial charge on any atom is -0.314 e. The zero-order valence-corrected chi connectivity index (χ0v) is 12.0. The van der Waals surface area contributed by atoms with Crippen molar-refractivity contribution in [2.45, 2.75) is 27.7 Å². The summed E-state index contributed by atoms with van der Waals surface area (Å²) in [4.78, 5) is 0. The van der Waals surface area contributed by atoms with Gasteiger partial charge in [0.25, 0.3) is 0 Å². The van der Waals surface area contributed by atoms with Gasteiger partial charge in [0, 0.05) is 16.8 Å². The Morgan fingerprint density at radius 1 is 0.789 bits per heavy atom. The van der Waals surface area contributed by atoms with Gasteiger partial charge in [0.2, 0.25) is 0 Å². The standard InChI is InChI=1S/C18H19N/c1-12-6-5-7-17(8-12)19-15(4)11-16-9-13(2)14(3)10-18(16)19/h5-11H,1-4H3. The van der Waals surface area contributed by atoms with Crippen LogP contribution in [0.2, 0.25) is 0 Å². The van der Waals surface area contributed by atoms with Crippen molar-refractivity contribution in [3.63, 3.8) is 0 Å². The van der Waals surface area contributed by atoms with E-state index in [-0.39, 0.29) is 0 Å². The fourth-order valence-electron chi connectivity index (χ4n) is 2.72. The van der Waals surface area contributed by atoms with E-state index in [0.717, 1.165) is 0 Å². The van der Waals surface area contributed by atoms with Gasteiger partial charge < -0.3 is 4.57 Å². The van der Waals surface area contributed by atoms with Crippen LogP contribution in [0.3, 0.4) is 0 Å². The summed E-state index contributed by atoms with van der Waals surface area (Å²) >= 11 is 0. The van der Waals surface area contributed by atoms with Gasteiger partial charge in [0.1, 0.15) is 0 Å². The molecular weight excluding hydrogens is 230 g/mol. The van der Waals surface area contributed by atoms with E-state index in [9.17, 15) is 0 Å². The van der Waals surface area contributed by atoms with Crippen molar-refractivity contribution >= 4 is 10.9 Å². The van der Waals surface area contributed by atoms with E-state index in [4.69, 9.17) is 0 Å². The highest BCUT2D eigenvalue weighted by atomic mass is 15.0. The lowest BCUT2D eigenvalue weighted by molar-refractivity contribution is 1.05. The Morgan fingerprint density at radius 2 is 1.53 bits per heavy atom. The maximum absolute atomic E-state index is 2.34. The van der Waals surface area contributed by atoms with Crippen LogP contribution in [0.1, 0.15) is 22.4 Å². The largest absolute Gasteiger partial charge is 0.314 e. The highest BCUT2D eigenvalue weighted by molar-refractivity contribution is 5.84. The van der Waals surface area contributed by atoms with Crippen molar-refractivity contribution in [3.8, 4) is 5.69 Å². The lowest BCUT2D eigenvalue weighted by Crippen LogP contribution is -1.96. The molecular formula is C18H19N. The molecule has 96 valence electrons. The molecule has 0 aliphatic rings. The Labute approximate surface area is 114 Å². The number of aryl methyl sites for hydroxylation is 4. The second-order valence-electron chi connectivity index (χ2n) is 5.46. The predicted molar refractivity (Wildman–Crippen MR) is 82.2 cm³/mol. The highest BCUT2D eigenvalue weighted by Crippen LogP contribution is 2.27. The van der Waals surface area contributed by atoms with Crippen LogP contribution in [0.25, 0.3) is 16.6 Å². The first-order chi connectivity index (χ1) is 9.06. The summed E-state index contributed by atoms with van der Waals surface area (Å²) in [5.74, 6) is 0. The first-order valence-electron chi connectivity index (χ1n) is 6.72. The second kappa shape index (κ2) is 4.27. The molecule has 0 unspecified atom stereocenters. The molecule has 0 radical (unpaired) electrons. The number of benzene rings is 2. The van der Waals surface area contributed by atoms with Gasteiger partial charge in [-0.3, -0.25) is 0 Å². The molecule has 0 aliphatic carbocycles. The molecule has 0 bridgehead atoms. The lowest BCUT2D eigenvalue weighted by atomic mass is 10.1. The summed E-state index contributed by atoms with van der Waals surface area (Å²) in [6, 6.07) is 15.5. The lowest BCUT2D eigenvalue weighted by Gasteiger charge is -2.10. The van der Waals surface area contributed by atoms with Crippen molar-refractivity contribution < 1.29 is 0 Å². The highest BCUT2D eigenvalue weighted by Gasteiger charge is 2.09. The number of aromatic nitrogens is 1. The molecule has 2 aromatic carbocycles.